The number of aromatic nitrogens is 2. The van der Waals surface area contributed by atoms with Gasteiger partial charge in [0.15, 0.2) is 0 Å². The van der Waals surface area contributed by atoms with Gasteiger partial charge in [0.1, 0.15) is 5.82 Å². The fraction of sp³-hybridized carbons (Fsp3) is 0.533. The molecule has 0 radical (unpaired) electrons. The first kappa shape index (κ1) is 12.6. The molecule has 2 N–H and O–H groups in total. The molecule has 1 aliphatic heterocycles. The molecule has 0 amide bonds. The largest absolute Gasteiger partial charge is 0.376 e. The highest BCUT2D eigenvalue weighted by atomic mass is 16.5. The average Bonchev–Trinajstić information content (AvgIpc) is 3.06. The summed E-state index contributed by atoms with van der Waals surface area (Å²) in [4.78, 5) is 4.73. The maximum absolute atomic E-state index is 5.75. The molecule has 1 aromatic heterocycles. The highest BCUT2D eigenvalue weighted by molar-refractivity contribution is 5.77. The van der Waals surface area contributed by atoms with Gasteiger partial charge < -0.3 is 15.0 Å². The zero-order chi connectivity index (χ0) is 13.2. The quantitative estimate of drug-likeness (QED) is 0.916. The Kier molecular flexibility index (Phi) is 3.53. The first-order chi connectivity index (χ1) is 9.31. The summed E-state index contributed by atoms with van der Waals surface area (Å²) in [6.45, 7) is 4.53. The number of rotatable bonds is 4. The Morgan fingerprint density at radius 2 is 2.37 bits per heavy atom. The Labute approximate surface area is 113 Å². The van der Waals surface area contributed by atoms with E-state index in [4.69, 9.17) is 15.5 Å². The molecule has 0 spiro atoms. The average molecular weight is 259 g/mol. The third-order valence-electron chi connectivity index (χ3n) is 3.85. The molecule has 1 fully saturated rings. The fourth-order valence-corrected chi connectivity index (χ4v) is 2.82. The van der Waals surface area contributed by atoms with E-state index >= 15 is 0 Å². The van der Waals surface area contributed by atoms with Crippen molar-refractivity contribution in [3.8, 4) is 0 Å². The topological polar surface area (TPSA) is 53.1 Å². The monoisotopic (exact) mass is 259 g/mol. The van der Waals surface area contributed by atoms with Gasteiger partial charge in [0.05, 0.1) is 23.7 Å². The van der Waals surface area contributed by atoms with E-state index in [2.05, 4.69) is 29.7 Å². The number of benzene rings is 1. The van der Waals surface area contributed by atoms with Gasteiger partial charge in [0.2, 0.25) is 0 Å². The van der Waals surface area contributed by atoms with E-state index in [1.807, 2.05) is 0 Å². The van der Waals surface area contributed by atoms with Crippen molar-refractivity contribution in [2.45, 2.75) is 45.4 Å². The maximum atomic E-state index is 5.75. The molecular weight excluding hydrogens is 238 g/mol. The summed E-state index contributed by atoms with van der Waals surface area (Å²) < 4.78 is 8.06. The minimum Gasteiger partial charge on any atom is -0.376 e. The van der Waals surface area contributed by atoms with Crippen molar-refractivity contribution in [2.75, 3.05) is 6.61 Å². The van der Waals surface area contributed by atoms with E-state index in [-0.39, 0.29) is 0 Å². The predicted molar refractivity (Wildman–Crippen MR) is 76.0 cm³/mol. The summed E-state index contributed by atoms with van der Waals surface area (Å²) in [6.07, 6.45) is 3.62. The van der Waals surface area contributed by atoms with Crippen LogP contribution in [0, 0.1) is 0 Å². The van der Waals surface area contributed by atoms with Crippen molar-refractivity contribution in [3.05, 3.63) is 29.6 Å². The Morgan fingerprint density at radius 1 is 1.47 bits per heavy atom. The summed E-state index contributed by atoms with van der Waals surface area (Å²) in [5.74, 6) is 1.14. The lowest BCUT2D eigenvalue weighted by molar-refractivity contribution is 0.0972. The van der Waals surface area contributed by atoms with E-state index in [1.165, 1.54) is 11.9 Å². The van der Waals surface area contributed by atoms with Crippen LogP contribution in [0.4, 0.5) is 0 Å². The number of nitrogens with zero attached hydrogens (tertiary/aromatic N) is 2. The molecule has 1 atom stereocenters. The minimum atomic E-state index is 0.344. The summed E-state index contributed by atoms with van der Waals surface area (Å²) in [5, 5.41) is 0. The SMILES string of the molecule is CCc1nc2cc(CN)ccc2n1CC1CCCO1. The first-order valence-electron chi connectivity index (χ1n) is 7.11. The summed E-state index contributed by atoms with van der Waals surface area (Å²) in [6, 6.07) is 6.33. The van der Waals surface area contributed by atoms with Crippen LogP contribution in [0.25, 0.3) is 11.0 Å². The number of fused-ring (bicyclic) bond motifs is 1. The normalized spacial score (nSPS) is 19.4. The molecule has 19 heavy (non-hydrogen) atoms. The second-order valence-electron chi connectivity index (χ2n) is 5.15. The third-order valence-corrected chi connectivity index (χ3v) is 3.85. The molecule has 4 heteroatoms. The smallest absolute Gasteiger partial charge is 0.109 e. The number of ether oxygens (including phenoxy) is 1. The van der Waals surface area contributed by atoms with Crippen LogP contribution in [0.15, 0.2) is 18.2 Å². The molecule has 4 nitrogen and oxygen atoms in total. The molecule has 0 bridgehead atoms. The van der Waals surface area contributed by atoms with Crippen LogP contribution < -0.4 is 5.73 Å². The summed E-state index contributed by atoms with van der Waals surface area (Å²) in [7, 11) is 0. The van der Waals surface area contributed by atoms with Gasteiger partial charge in [-0.05, 0) is 30.5 Å². The number of aryl methyl sites for hydroxylation is 1. The summed E-state index contributed by atoms with van der Waals surface area (Å²) >= 11 is 0. The molecule has 1 saturated heterocycles. The second kappa shape index (κ2) is 5.31. The Hall–Kier alpha value is -1.39. The molecular formula is C15H21N3O. The number of nitrogens with two attached hydrogens (primary N) is 1. The highest BCUT2D eigenvalue weighted by Gasteiger charge is 2.19. The first-order valence-corrected chi connectivity index (χ1v) is 7.11. The minimum absolute atomic E-state index is 0.344. The van der Waals surface area contributed by atoms with E-state index in [1.54, 1.807) is 0 Å². The van der Waals surface area contributed by atoms with Gasteiger partial charge in [-0.1, -0.05) is 13.0 Å². The Bertz CT molecular complexity index is 570. The Morgan fingerprint density at radius 3 is 3.05 bits per heavy atom. The molecule has 1 aromatic carbocycles. The van der Waals surface area contributed by atoms with Crippen LogP contribution in [0.2, 0.25) is 0 Å². The lowest BCUT2D eigenvalue weighted by atomic mass is 10.2. The molecule has 102 valence electrons. The molecule has 1 aliphatic rings. The van der Waals surface area contributed by atoms with Crippen LogP contribution in [0.3, 0.4) is 0 Å². The van der Waals surface area contributed by atoms with E-state index in [0.29, 0.717) is 12.6 Å². The van der Waals surface area contributed by atoms with Crippen LogP contribution in [0.5, 0.6) is 0 Å². The maximum Gasteiger partial charge on any atom is 0.109 e. The van der Waals surface area contributed by atoms with Gasteiger partial charge in [-0.3, -0.25) is 0 Å². The van der Waals surface area contributed by atoms with Gasteiger partial charge in [0.25, 0.3) is 0 Å². The van der Waals surface area contributed by atoms with Crippen LogP contribution in [-0.4, -0.2) is 22.3 Å². The molecule has 2 heterocycles. The van der Waals surface area contributed by atoms with Gasteiger partial charge in [-0.2, -0.15) is 0 Å². The Balaban J connectivity index is 2.00. The lowest BCUT2D eigenvalue weighted by Gasteiger charge is -2.13. The highest BCUT2D eigenvalue weighted by Crippen LogP contribution is 2.22. The predicted octanol–water partition coefficient (Wildman–Crippen LogP) is 2.24. The van der Waals surface area contributed by atoms with Gasteiger partial charge in [-0.15, -0.1) is 0 Å². The molecule has 3 rings (SSSR count). The van der Waals surface area contributed by atoms with E-state index in [9.17, 15) is 0 Å². The van der Waals surface area contributed by atoms with E-state index < -0.39 is 0 Å². The summed E-state index contributed by atoms with van der Waals surface area (Å²) in [5.41, 5.74) is 9.08. The number of hydrogen-bond acceptors (Lipinski definition) is 3. The lowest BCUT2D eigenvalue weighted by Crippen LogP contribution is -2.16. The number of imidazole rings is 1. The van der Waals surface area contributed by atoms with Crippen molar-refractivity contribution < 1.29 is 4.74 Å². The zero-order valence-electron chi connectivity index (χ0n) is 11.4. The fourth-order valence-electron chi connectivity index (χ4n) is 2.82. The van der Waals surface area contributed by atoms with Crippen molar-refractivity contribution in [1.29, 1.82) is 0 Å². The molecule has 0 saturated carbocycles. The molecule has 1 unspecified atom stereocenters. The number of hydrogen-bond donors (Lipinski definition) is 1. The second-order valence-corrected chi connectivity index (χ2v) is 5.15. The van der Waals surface area contributed by atoms with Gasteiger partial charge >= 0.3 is 0 Å². The zero-order valence-corrected chi connectivity index (χ0v) is 11.4. The van der Waals surface area contributed by atoms with Gasteiger partial charge in [0, 0.05) is 19.6 Å². The van der Waals surface area contributed by atoms with Crippen molar-refractivity contribution in [2.24, 2.45) is 5.73 Å². The molecule has 0 aliphatic carbocycles. The van der Waals surface area contributed by atoms with E-state index in [0.717, 1.165) is 42.9 Å². The van der Waals surface area contributed by atoms with Gasteiger partial charge in [-0.25, -0.2) is 4.98 Å². The molecule has 2 aromatic rings. The van der Waals surface area contributed by atoms with Crippen molar-refractivity contribution in [3.63, 3.8) is 0 Å². The van der Waals surface area contributed by atoms with Crippen molar-refractivity contribution in [1.82, 2.24) is 9.55 Å². The van der Waals surface area contributed by atoms with Crippen molar-refractivity contribution >= 4 is 11.0 Å². The third kappa shape index (κ3) is 2.38. The van der Waals surface area contributed by atoms with Crippen LogP contribution in [-0.2, 0) is 24.2 Å². The standard InChI is InChI=1S/C15H21N3O/c1-2-15-17-13-8-11(9-16)5-6-14(13)18(15)10-12-4-3-7-19-12/h5-6,8,12H,2-4,7,9-10,16H2,1H3. The van der Waals surface area contributed by atoms with Crippen LogP contribution >= 0.6 is 0 Å². The van der Waals surface area contributed by atoms with Crippen LogP contribution in [0.1, 0.15) is 31.2 Å².